The van der Waals surface area contributed by atoms with Gasteiger partial charge in [0.25, 0.3) is 0 Å². The summed E-state index contributed by atoms with van der Waals surface area (Å²) in [6, 6.07) is 29.8. The van der Waals surface area contributed by atoms with Crippen LogP contribution in [0, 0.1) is 0 Å². The standard InChI is InChI=1S/C67H70O30/c1-34(68)83-31-49-51(86-35(2)69)55(88-37(4)71)59(89-38(5)72)67(92-49)97-57-54(87-36(3)70)52(93-61(74)39-13-11-10-12-14-39)48(90-65(57)78)33-85-66-58(96-64(77)43-21-29-47(82-9)30-22-43)56(95-63(76)42-19-27-46(81-8)28-20-42)53(94-62(75)41-17-25-45(80-7)26-18-41)50(91-66)32-84-60(73)40-15-23-44(79-6)24-16-40/h10-30,48-59,65-67,78H,31-33H2,1-9H3/t48-,49-,50-,51-,52-,53-,54+,55+,56+,57-,58-,59-,65+,66-,67+/m1/s1. The lowest BCUT2D eigenvalue weighted by molar-refractivity contribution is -0.367. The normalized spacial score (nSPS) is 25.0. The van der Waals surface area contributed by atoms with Gasteiger partial charge in [-0.15, -0.1) is 0 Å². The molecule has 1 N–H and O–H groups in total. The van der Waals surface area contributed by atoms with Crippen LogP contribution in [0.25, 0.3) is 0 Å². The van der Waals surface area contributed by atoms with Crippen molar-refractivity contribution in [2.24, 2.45) is 0 Å². The van der Waals surface area contributed by atoms with Gasteiger partial charge in [0.2, 0.25) is 0 Å². The molecule has 30 nitrogen and oxygen atoms in total. The molecule has 97 heavy (non-hydrogen) atoms. The van der Waals surface area contributed by atoms with Crippen LogP contribution in [0.15, 0.2) is 127 Å². The first-order valence-electron chi connectivity index (χ1n) is 29.8. The molecular weight excluding hydrogens is 1280 g/mol. The van der Waals surface area contributed by atoms with Gasteiger partial charge in [0.05, 0.1) is 62.9 Å². The van der Waals surface area contributed by atoms with E-state index < -0.39 is 172 Å². The molecule has 0 unspecified atom stereocenters. The number of carbonyl (C=O) groups is 10. The van der Waals surface area contributed by atoms with Gasteiger partial charge < -0.3 is 95.1 Å². The molecule has 5 aromatic rings. The number of aliphatic hydroxyl groups is 1. The zero-order valence-corrected chi connectivity index (χ0v) is 53.7. The van der Waals surface area contributed by atoms with Gasteiger partial charge in [-0.05, 0) is 109 Å². The summed E-state index contributed by atoms with van der Waals surface area (Å²) < 4.78 is 111. The fraction of sp³-hybridized carbons (Fsp3) is 0.403. The minimum Gasteiger partial charge on any atom is -0.497 e. The van der Waals surface area contributed by atoms with Crippen LogP contribution in [-0.2, 0) is 95.0 Å². The molecule has 0 spiro atoms. The second-order valence-electron chi connectivity index (χ2n) is 21.5. The lowest BCUT2D eigenvalue weighted by Gasteiger charge is -2.48. The van der Waals surface area contributed by atoms with Gasteiger partial charge in [0.15, 0.2) is 73.8 Å². The molecule has 15 atom stereocenters. The highest BCUT2D eigenvalue weighted by Gasteiger charge is 2.59. The zero-order valence-electron chi connectivity index (χ0n) is 53.7. The Hall–Kier alpha value is -10.2. The van der Waals surface area contributed by atoms with E-state index in [0.717, 1.165) is 34.6 Å². The summed E-state index contributed by atoms with van der Waals surface area (Å²) in [4.78, 5) is 136. The zero-order chi connectivity index (χ0) is 70.0. The van der Waals surface area contributed by atoms with Gasteiger partial charge in [-0.1, -0.05) is 18.2 Å². The third-order valence-corrected chi connectivity index (χ3v) is 14.8. The van der Waals surface area contributed by atoms with Crippen molar-refractivity contribution in [1.29, 1.82) is 0 Å². The molecule has 0 bridgehead atoms. The van der Waals surface area contributed by atoms with E-state index in [1.165, 1.54) is 150 Å². The topological polar surface area (TPSA) is 366 Å². The van der Waals surface area contributed by atoms with Crippen molar-refractivity contribution in [1.82, 2.24) is 0 Å². The maximum absolute atomic E-state index is 14.7. The number of hydrogen-bond donors (Lipinski definition) is 1. The summed E-state index contributed by atoms with van der Waals surface area (Å²) in [7, 11) is 5.60. The van der Waals surface area contributed by atoms with Crippen molar-refractivity contribution in [3.05, 3.63) is 155 Å². The molecule has 0 saturated carbocycles. The average molecular weight is 1360 g/mol. The molecular formula is C67H70O30. The second-order valence-corrected chi connectivity index (χ2v) is 21.5. The Morgan fingerprint density at radius 3 is 1.04 bits per heavy atom. The van der Waals surface area contributed by atoms with Crippen molar-refractivity contribution < 1.29 is 143 Å². The minimum atomic E-state index is -2.36. The Labute approximate surface area is 554 Å². The number of hydrogen-bond acceptors (Lipinski definition) is 30. The van der Waals surface area contributed by atoms with E-state index in [2.05, 4.69) is 0 Å². The summed E-state index contributed by atoms with van der Waals surface area (Å²) >= 11 is 0. The van der Waals surface area contributed by atoms with E-state index in [9.17, 15) is 53.1 Å². The molecule has 3 aliphatic heterocycles. The largest absolute Gasteiger partial charge is 0.497 e. The van der Waals surface area contributed by atoms with E-state index >= 15 is 0 Å². The summed E-state index contributed by atoms with van der Waals surface area (Å²) in [5.41, 5.74) is -0.397. The van der Waals surface area contributed by atoms with Gasteiger partial charge in [-0.25, -0.2) is 24.0 Å². The maximum atomic E-state index is 14.7. The summed E-state index contributed by atoms with van der Waals surface area (Å²) in [5.74, 6) is -8.90. The number of rotatable bonds is 26. The first kappa shape index (κ1) is 72.6. The van der Waals surface area contributed by atoms with E-state index in [1.54, 1.807) is 6.07 Å². The molecule has 5 aromatic carbocycles. The summed E-state index contributed by atoms with van der Waals surface area (Å²) in [6.07, 6.45) is -29.3. The number of benzene rings is 5. The predicted molar refractivity (Wildman–Crippen MR) is 323 cm³/mol. The highest BCUT2D eigenvalue weighted by atomic mass is 16.8. The van der Waals surface area contributed by atoms with Crippen molar-refractivity contribution >= 4 is 59.7 Å². The Bertz CT molecular complexity index is 3540. The Kier molecular flexibility index (Phi) is 25.4. The molecule has 0 aliphatic carbocycles. The highest BCUT2D eigenvalue weighted by molar-refractivity contribution is 5.92. The van der Waals surface area contributed by atoms with Crippen LogP contribution in [0.5, 0.6) is 23.0 Å². The van der Waals surface area contributed by atoms with Gasteiger partial charge in [-0.2, -0.15) is 0 Å². The predicted octanol–water partition coefficient (Wildman–Crippen LogP) is 4.64. The third-order valence-electron chi connectivity index (χ3n) is 14.8. The molecule has 3 fully saturated rings. The Morgan fingerprint density at radius 1 is 0.320 bits per heavy atom. The summed E-state index contributed by atoms with van der Waals surface area (Å²) in [6.45, 7) is 2.38. The Balaban J connectivity index is 1.24. The van der Waals surface area contributed by atoms with Gasteiger partial charge in [-0.3, -0.25) is 24.0 Å². The second kappa shape index (κ2) is 33.9. The average Bonchev–Trinajstić information content (AvgIpc) is 0.773. The van der Waals surface area contributed by atoms with Crippen LogP contribution >= 0.6 is 0 Å². The molecule has 518 valence electrons. The number of carbonyl (C=O) groups excluding carboxylic acids is 10. The van der Waals surface area contributed by atoms with Crippen LogP contribution in [0.1, 0.15) is 86.4 Å². The highest BCUT2D eigenvalue weighted by Crippen LogP contribution is 2.38. The quantitative estimate of drug-likeness (QED) is 0.0582. The van der Waals surface area contributed by atoms with Crippen molar-refractivity contribution in [3.63, 3.8) is 0 Å². The molecule has 0 aromatic heterocycles. The fourth-order valence-electron chi connectivity index (χ4n) is 10.3. The van der Waals surface area contributed by atoms with Crippen LogP contribution in [0.4, 0.5) is 0 Å². The number of aliphatic hydroxyl groups excluding tert-OH is 1. The SMILES string of the molecule is COc1ccc(C(=O)OC[C@H]2O[C@@H](OC[C@H]3O[C@H](O)[C@H](O[C@@H]4O[C@H](COC(C)=O)[C@@H](OC(C)=O)[C@H](OC(C)=O)[C@H]4OC(C)=O)[C@@H](OC(C)=O)[C@@H]3OC(=O)c3ccccc3)[C@H](OC(=O)c3ccc(OC)cc3)[C@@H](OC(=O)c3ccc(OC)cc3)[C@@H]2OC(=O)c2ccc(OC)cc2)cc1. The number of esters is 10. The van der Waals surface area contributed by atoms with Crippen molar-refractivity contribution in [3.8, 4) is 23.0 Å². The summed E-state index contributed by atoms with van der Waals surface area (Å²) in [5, 5.41) is 12.3. The van der Waals surface area contributed by atoms with Gasteiger partial charge >= 0.3 is 59.7 Å². The van der Waals surface area contributed by atoms with Crippen LogP contribution in [0.2, 0.25) is 0 Å². The van der Waals surface area contributed by atoms with Crippen molar-refractivity contribution in [2.45, 2.75) is 127 Å². The molecule has 30 heteroatoms. The van der Waals surface area contributed by atoms with Crippen LogP contribution in [0.3, 0.4) is 0 Å². The maximum Gasteiger partial charge on any atom is 0.338 e. The van der Waals surface area contributed by atoms with E-state index in [-0.39, 0.29) is 27.8 Å². The van der Waals surface area contributed by atoms with Crippen LogP contribution in [-0.4, -0.2) is 205 Å². The monoisotopic (exact) mass is 1350 g/mol. The molecule has 3 heterocycles. The number of ether oxygens (including phenoxy) is 19. The minimum absolute atomic E-state index is 0.00727. The van der Waals surface area contributed by atoms with Crippen molar-refractivity contribution in [2.75, 3.05) is 48.3 Å². The van der Waals surface area contributed by atoms with Crippen LogP contribution < -0.4 is 18.9 Å². The van der Waals surface area contributed by atoms with E-state index in [1.807, 2.05) is 0 Å². The molecule has 8 rings (SSSR count). The smallest absolute Gasteiger partial charge is 0.338 e. The Morgan fingerprint density at radius 2 is 0.629 bits per heavy atom. The third kappa shape index (κ3) is 19.3. The first-order valence-corrected chi connectivity index (χ1v) is 29.8. The van der Waals surface area contributed by atoms with E-state index in [0.29, 0.717) is 23.0 Å². The molecule has 3 aliphatic rings. The van der Waals surface area contributed by atoms with Gasteiger partial charge in [0, 0.05) is 34.6 Å². The molecule has 0 amide bonds. The lowest BCUT2D eigenvalue weighted by atomic mass is 9.96. The lowest BCUT2D eigenvalue weighted by Crippen LogP contribution is -2.67. The first-order chi connectivity index (χ1) is 46.5. The van der Waals surface area contributed by atoms with Gasteiger partial charge in [0.1, 0.15) is 54.5 Å². The molecule has 3 saturated heterocycles. The van der Waals surface area contributed by atoms with E-state index in [4.69, 9.17) is 90.0 Å². The fourth-order valence-corrected chi connectivity index (χ4v) is 10.3. The number of methoxy groups -OCH3 is 4. The molecule has 0 radical (unpaired) electrons.